The van der Waals surface area contributed by atoms with E-state index in [1.54, 1.807) is 18.3 Å². The SMILES string of the molecule is N#Cc1cc(Nc2ccc(C(F)(F)F)nc2)cc(Nc2cc(Cl)c3cc[nH]c3c2)n1. The molecule has 150 valence electrons. The molecule has 0 unspecified atom stereocenters. The van der Waals surface area contributed by atoms with Crippen LogP contribution in [0.5, 0.6) is 0 Å². The lowest BCUT2D eigenvalue weighted by atomic mass is 10.2. The average molecular weight is 429 g/mol. The van der Waals surface area contributed by atoms with Gasteiger partial charge in [-0.3, -0.25) is 0 Å². The highest BCUT2D eigenvalue weighted by atomic mass is 35.5. The minimum Gasteiger partial charge on any atom is -0.361 e. The molecule has 0 spiro atoms. The number of aromatic nitrogens is 3. The first-order valence-electron chi connectivity index (χ1n) is 8.58. The van der Waals surface area contributed by atoms with E-state index >= 15 is 0 Å². The van der Waals surface area contributed by atoms with E-state index in [0.717, 1.165) is 23.2 Å². The van der Waals surface area contributed by atoms with Gasteiger partial charge in [0.05, 0.1) is 16.9 Å². The number of nitrogens with zero attached hydrogens (tertiary/aromatic N) is 3. The lowest BCUT2D eigenvalue weighted by molar-refractivity contribution is -0.141. The fraction of sp³-hybridized carbons (Fsp3) is 0.0500. The molecule has 0 amide bonds. The van der Waals surface area contributed by atoms with Gasteiger partial charge >= 0.3 is 6.18 Å². The van der Waals surface area contributed by atoms with Crippen LogP contribution in [0.3, 0.4) is 0 Å². The Balaban J connectivity index is 1.61. The van der Waals surface area contributed by atoms with Crippen LogP contribution in [0.15, 0.2) is 54.9 Å². The maximum Gasteiger partial charge on any atom is 0.433 e. The monoisotopic (exact) mass is 428 g/mol. The second-order valence-corrected chi connectivity index (χ2v) is 6.72. The van der Waals surface area contributed by atoms with Gasteiger partial charge in [-0.1, -0.05) is 11.6 Å². The number of anilines is 4. The first kappa shape index (κ1) is 19.5. The van der Waals surface area contributed by atoms with Crippen LogP contribution in [0, 0.1) is 11.3 Å². The normalized spacial score (nSPS) is 11.3. The van der Waals surface area contributed by atoms with Crippen LogP contribution in [0.1, 0.15) is 11.4 Å². The quantitative estimate of drug-likeness (QED) is 0.371. The molecular formula is C20H12ClF3N6. The smallest absolute Gasteiger partial charge is 0.361 e. The number of hydrogen-bond donors (Lipinski definition) is 3. The topological polar surface area (TPSA) is 89.4 Å². The summed E-state index contributed by atoms with van der Waals surface area (Å²) in [6.45, 7) is 0. The van der Waals surface area contributed by atoms with Crippen molar-refractivity contribution in [3.8, 4) is 6.07 Å². The van der Waals surface area contributed by atoms with E-state index in [9.17, 15) is 18.4 Å². The Labute approximate surface area is 173 Å². The number of rotatable bonds is 4. The summed E-state index contributed by atoms with van der Waals surface area (Å²) < 4.78 is 38.0. The maximum absolute atomic E-state index is 12.7. The number of aromatic amines is 1. The molecule has 0 aliphatic heterocycles. The highest BCUT2D eigenvalue weighted by Crippen LogP contribution is 2.30. The first-order valence-corrected chi connectivity index (χ1v) is 8.96. The van der Waals surface area contributed by atoms with Crippen molar-refractivity contribution in [2.24, 2.45) is 0 Å². The highest BCUT2D eigenvalue weighted by Gasteiger charge is 2.32. The number of nitrogens with one attached hydrogen (secondary N) is 3. The van der Waals surface area contributed by atoms with Gasteiger partial charge in [-0.2, -0.15) is 18.4 Å². The van der Waals surface area contributed by atoms with Crippen molar-refractivity contribution in [2.45, 2.75) is 6.18 Å². The number of halogens is 4. The van der Waals surface area contributed by atoms with Gasteiger partial charge in [0, 0.05) is 34.5 Å². The maximum atomic E-state index is 12.7. The van der Waals surface area contributed by atoms with Gasteiger partial charge in [-0.25, -0.2) is 9.97 Å². The standard InChI is InChI=1S/C20H12ClF3N6/c21-16-6-13(7-17-15(16)3-4-26-17)29-19-8-12(5-14(9-25)30-19)28-11-1-2-18(27-10-11)20(22,23)24/h1-8,10,26H,(H2,28,29,30). The molecule has 0 aliphatic rings. The van der Waals surface area contributed by atoms with Crippen molar-refractivity contribution in [3.63, 3.8) is 0 Å². The summed E-state index contributed by atoms with van der Waals surface area (Å²) in [6, 6.07) is 12.6. The summed E-state index contributed by atoms with van der Waals surface area (Å²) in [5.41, 5.74) is 1.40. The molecule has 0 radical (unpaired) electrons. The molecule has 0 bridgehead atoms. The van der Waals surface area contributed by atoms with E-state index < -0.39 is 11.9 Å². The summed E-state index contributed by atoms with van der Waals surface area (Å²) in [6.07, 6.45) is -1.67. The third kappa shape index (κ3) is 4.14. The summed E-state index contributed by atoms with van der Waals surface area (Å²) >= 11 is 6.28. The van der Waals surface area contributed by atoms with Crippen LogP contribution >= 0.6 is 11.6 Å². The zero-order chi connectivity index (χ0) is 21.3. The van der Waals surface area contributed by atoms with Crippen LogP contribution < -0.4 is 10.6 Å². The zero-order valence-corrected chi connectivity index (χ0v) is 15.8. The second kappa shape index (κ2) is 7.57. The molecule has 1 aromatic carbocycles. The van der Waals surface area contributed by atoms with Crippen LogP contribution in [-0.2, 0) is 6.18 Å². The molecule has 3 N–H and O–H groups in total. The van der Waals surface area contributed by atoms with Crippen molar-refractivity contribution < 1.29 is 13.2 Å². The van der Waals surface area contributed by atoms with Crippen LogP contribution in [0.2, 0.25) is 5.02 Å². The lowest BCUT2D eigenvalue weighted by Crippen LogP contribution is -2.07. The number of benzene rings is 1. The summed E-state index contributed by atoms with van der Waals surface area (Å²) in [4.78, 5) is 10.7. The summed E-state index contributed by atoms with van der Waals surface area (Å²) in [5, 5.41) is 16.7. The van der Waals surface area contributed by atoms with Gasteiger partial charge < -0.3 is 15.6 Å². The molecular weight excluding hydrogens is 417 g/mol. The fourth-order valence-corrected chi connectivity index (χ4v) is 3.15. The van der Waals surface area contributed by atoms with E-state index in [4.69, 9.17) is 11.6 Å². The molecule has 4 rings (SSSR count). The van der Waals surface area contributed by atoms with E-state index in [0.29, 0.717) is 27.9 Å². The minimum absolute atomic E-state index is 0.120. The highest BCUT2D eigenvalue weighted by molar-refractivity contribution is 6.35. The van der Waals surface area contributed by atoms with E-state index in [-0.39, 0.29) is 5.69 Å². The molecule has 0 atom stereocenters. The third-order valence-electron chi connectivity index (χ3n) is 4.17. The Morgan fingerprint density at radius 3 is 2.50 bits per heavy atom. The zero-order valence-electron chi connectivity index (χ0n) is 15.0. The molecule has 3 heterocycles. The number of pyridine rings is 2. The molecule has 3 aromatic heterocycles. The fourth-order valence-electron chi connectivity index (χ4n) is 2.87. The van der Waals surface area contributed by atoms with Crippen LogP contribution in [-0.4, -0.2) is 15.0 Å². The van der Waals surface area contributed by atoms with Crippen molar-refractivity contribution in [3.05, 3.63) is 71.3 Å². The van der Waals surface area contributed by atoms with Gasteiger partial charge in [0.15, 0.2) is 0 Å². The number of hydrogen-bond acceptors (Lipinski definition) is 5. The molecule has 4 aromatic rings. The molecule has 0 saturated heterocycles. The summed E-state index contributed by atoms with van der Waals surface area (Å²) in [7, 11) is 0. The van der Waals surface area contributed by atoms with Crippen LogP contribution in [0.25, 0.3) is 10.9 Å². The van der Waals surface area contributed by atoms with Gasteiger partial charge in [-0.05, 0) is 36.4 Å². The third-order valence-corrected chi connectivity index (χ3v) is 4.49. The predicted octanol–water partition coefficient (Wildman–Crippen LogP) is 5.99. The first-order chi connectivity index (χ1) is 14.3. The minimum atomic E-state index is -4.51. The van der Waals surface area contributed by atoms with Crippen molar-refractivity contribution in [2.75, 3.05) is 10.6 Å². The second-order valence-electron chi connectivity index (χ2n) is 6.31. The van der Waals surface area contributed by atoms with Crippen molar-refractivity contribution >= 4 is 45.4 Å². The average Bonchev–Trinajstić information content (AvgIpc) is 3.16. The number of H-pyrrole nitrogens is 1. The van der Waals surface area contributed by atoms with Crippen LogP contribution in [0.4, 0.5) is 36.1 Å². The van der Waals surface area contributed by atoms with E-state index in [1.165, 1.54) is 12.1 Å². The lowest BCUT2D eigenvalue weighted by Gasteiger charge is -2.12. The largest absolute Gasteiger partial charge is 0.433 e. The Morgan fingerprint density at radius 2 is 1.80 bits per heavy atom. The predicted molar refractivity (Wildman–Crippen MR) is 108 cm³/mol. The van der Waals surface area contributed by atoms with E-state index in [2.05, 4.69) is 25.6 Å². The molecule has 0 saturated carbocycles. The molecule has 10 heteroatoms. The molecule has 0 fully saturated rings. The molecule has 6 nitrogen and oxygen atoms in total. The molecule has 0 aliphatic carbocycles. The van der Waals surface area contributed by atoms with Gasteiger partial charge in [-0.15, -0.1) is 0 Å². The summed E-state index contributed by atoms with van der Waals surface area (Å²) in [5.74, 6) is 0.360. The molecule has 30 heavy (non-hydrogen) atoms. The Hall–Kier alpha value is -3.77. The van der Waals surface area contributed by atoms with Gasteiger partial charge in [0.2, 0.25) is 0 Å². The van der Waals surface area contributed by atoms with Gasteiger partial charge in [0.25, 0.3) is 0 Å². The Bertz CT molecular complexity index is 1260. The van der Waals surface area contributed by atoms with Gasteiger partial charge in [0.1, 0.15) is 23.3 Å². The number of fused-ring (bicyclic) bond motifs is 1. The van der Waals surface area contributed by atoms with E-state index in [1.807, 2.05) is 18.2 Å². The van der Waals surface area contributed by atoms with Crippen molar-refractivity contribution in [1.82, 2.24) is 15.0 Å². The number of alkyl halides is 3. The Morgan fingerprint density at radius 1 is 1.00 bits per heavy atom. The number of nitriles is 1. The Kier molecular flexibility index (Phi) is 4.93. The van der Waals surface area contributed by atoms with Crippen molar-refractivity contribution in [1.29, 1.82) is 5.26 Å².